The van der Waals surface area contributed by atoms with Crippen LogP contribution in [0.1, 0.15) is 31.4 Å². The van der Waals surface area contributed by atoms with Crippen molar-refractivity contribution in [2.24, 2.45) is 5.73 Å². The molecule has 2 aliphatic rings. The summed E-state index contributed by atoms with van der Waals surface area (Å²) >= 11 is 0. The van der Waals surface area contributed by atoms with Crippen molar-refractivity contribution in [3.05, 3.63) is 35.4 Å². The number of rotatable bonds is 5. The number of hydrogen-bond acceptors (Lipinski definition) is 4. The first-order valence-electron chi connectivity index (χ1n) is 8.54. The van der Waals surface area contributed by atoms with Gasteiger partial charge in [-0.25, -0.2) is 4.79 Å². The number of amides is 4. The maximum Gasteiger partial charge on any atom is 0.325 e. The molecule has 0 radical (unpaired) electrons. The topological polar surface area (TPSA) is 95.7 Å². The molecule has 7 heteroatoms. The zero-order valence-electron chi connectivity index (χ0n) is 14.6. The van der Waals surface area contributed by atoms with Crippen molar-refractivity contribution >= 4 is 17.8 Å². The second kappa shape index (κ2) is 6.48. The molecule has 1 atom stereocenters. The van der Waals surface area contributed by atoms with Crippen LogP contribution in [0.5, 0.6) is 0 Å². The van der Waals surface area contributed by atoms with Crippen LogP contribution in [-0.2, 0) is 22.6 Å². The van der Waals surface area contributed by atoms with Crippen molar-refractivity contribution < 1.29 is 14.4 Å². The Hall–Kier alpha value is -2.41. The van der Waals surface area contributed by atoms with Gasteiger partial charge in [0.25, 0.3) is 5.91 Å². The third-order valence-electron chi connectivity index (χ3n) is 4.95. The summed E-state index contributed by atoms with van der Waals surface area (Å²) in [7, 11) is 0. The number of primary amides is 1. The summed E-state index contributed by atoms with van der Waals surface area (Å²) in [6.07, 6.45) is 1.20. The van der Waals surface area contributed by atoms with E-state index in [9.17, 15) is 14.4 Å². The quantitative estimate of drug-likeness (QED) is 0.766. The minimum atomic E-state index is -0.850. The van der Waals surface area contributed by atoms with E-state index >= 15 is 0 Å². The number of carbonyl (C=O) groups is 3. The van der Waals surface area contributed by atoms with E-state index in [-0.39, 0.29) is 23.9 Å². The monoisotopic (exact) mass is 344 g/mol. The fourth-order valence-corrected chi connectivity index (χ4v) is 3.55. The predicted molar refractivity (Wildman–Crippen MR) is 92.5 cm³/mol. The molecule has 0 aromatic heterocycles. The molecular weight excluding hydrogens is 320 g/mol. The molecule has 1 fully saturated rings. The minimum Gasteiger partial charge on any atom is -0.368 e. The van der Waals surface area contributed by atoms with E-state index in [1.807, 2.05) is 23.1 Å². The Balaban J connectivity index is 1.63. The zero-order chi connectivity index (χ0) is 18.2. The lowest BCUT2D eigenvalue weighted by Gasteiger charge is -2.35. The molecule has 0 aliphatic carbocycles. The second-order valence-corrected chi connectivity index (χ2v) is 7.23. The predicted octanol–water partition coefficient (Wildman–Crippen LogP) is 0.619. The molecule has 0 saturated carbocycles. The summed E-state index contributed by atoms with van der Waals surface area (Å²) in [6, 6.07) is 7.32. The Morgan fingerprint density at radius 2 is 1.92 bits per heavy atom. The van der Waals surface area contributed by atoms with Crippen LogP contribution in [0.3, 0.4) is 0 Å². The summed E-state index contributed by atoms with van der Waals surface area (Å²) in [6.45, 7) is 4.96. The lowest BCUT2D eigenvalue weighted by molar-refractivity contribution is -0.130. The molecule has 1 aromatic rings. The first kappa shape index (κ1) is 17.4. The van der Waals surface area contributed by atoms with E-state index in [2.05, 4.69) is 11.4 Å². The van der Waals surface area contributed by atoms with Crippen molar-refractivity contribution in [2.75, 3.05) is 13.1 Å². The van der Waals surface area contributed by atoms with Gasteiger partial charge >= 0.3 is 6.03 Å². The molecule has 25 heavy (non-hydrogen) atoms. The molecule has 7 nitrogen and oxygen atoms in total. The van der Waals surface area contributed by atoms with Crippen LogP contribution in [0.2, 0.25) is 0 Å². The van der Waals surface area contributed by atoms with Gasteiger partial charge in [0.05, 0.1) is 6.04 Å². The summed E-state index contributed by atoms with van der Waals surface area (Å²) < 4.78 is 0. The lowest BCUT2D eigenvalue weighted by Crippen LogP contribution is -2.49. The average molecular weight is 344 g/mol. The summed E-state index contributed by atoms with van der Waals surface area (Å²) in [5.41, 5.74) is 7.07. The molecule has 2 heterocycles. The number of nitrogens with one attached hydrogen (secondary N) is 1. The van der Waals surface area contributed by atoms with Gasteiger partial charge in [0, 0.05) is 19.6 Å². The zero-order valence-corrected chi connectivity index (χ0v) is 14.6. The van der Waals surface area contributed by atoms with Crippen molar-refractivity contribution in [3.8, 4) is 0 Å². The molecule has 3 rings (SSSR count). The minimum absolute atomic E-state index is 0.215. The first-order chi connectivity index (χ1) is 11.8. The standard InChI is InChI=1S/C18H24N4O3/c1-18(2)16(24)22(17(25)20-18)9-5-8-21-11-13-7-4-3-6-12(13)10-14(21)15(19)23/h3-4,6-7,14H,5,8-11H2,1-2H3,(H2,19,23)(H,20,25)/t14-/m1/s1. The van der Waals surface area contributed by atoms with Gasteiger partial charge in [0.1, 0.15) is 5.54 Å². The molecule has 4 amide bonds. The number of carbonyl (C=O) groups excluding carboxylic acids is 3. The molecule has 2 aliphatic heterocycles. The molecule has 1 aromatic carbocycles. The number of hydrogen-bond donors (Lipinski definition) is 2. The fourth-order valence-electron chi connectivity index (χ4n) is 3.55. The van der Waals surface area contributed by atoms with E-state index in [1.54, 1.807) is 13.8 Å². The molecule has 1 saturated heterocycles. The third kappa shape index (κ3) is 3.37. The van der Waals surface area contributed by atoms with E-state index in [1.165, 1.54) is 10.5 Å². The second-order valence-electron chi connectivity index (χ2n) is 7.23. The van der Waals surface area contributed by atoms with Gasteiger partial charge in [0.2, 0.25) is 5.91 Å². The normalized spacial score (nSPS) is 22.6. The van der Waals surface area contributed by atoms with Crippen molar-refractivity contribution in [2.45, 2.75) is 44.8 Å². The van der Waals surface area contributed by atoms with Crippen LogP contribution < -0.4 is 11.1 Å². The van der Waals surface area contributed by atoms with Crippen LogP contribution in [0.25, 0.3) is 0 Å². The largest absolute Gasteiger partial charge is 0.368 e. The number of nitrogens with two attached hydrogens (primary N) is 1. The average Bonchev–Trinajstić information content (AvgIpc) is 2.75. The molecule has 0 bridgehead atoms. The van der Waals surface area contributed by atoms with Crippen LogP contribution in [0, 0.1) is 0 Å². The van der Waals surface area contributed by atoms with Crippen molar-refractivity contribution in [3.63, 3.8) is 0 Å². The Morgan fingerprint density at radius 1 is 1.24 bits per heavy atom. The van der Waals surface area contributed by atoms with E-state index in [4.69, 9.17) is 5.73 Å². The summed E-state index contributed by atoms with van der Waals surface area (Å²) in [4.78, 5) is 39.3. The van der Waals surface area contributed by atoms with Crippen LogP contribution in [0.4, 0.5) is 4.79 Å². The maximum atomic E-state index is 12.2. The highest BCUT2D eigenvalue weighted by Crippen LogP contribution is 2.24. The molecular formula is C18H24N4O3. The summed E-state index contributed by atoms with van der Waals surface area (Å²) in [5.74, 6) is -0.557. The Kier molecular flexibility index (Phi) is 4.51. The van der Waals surface area contributed by atoms with E-state index in [0.29, 0.717) is 32.5 Å². The summed E-state index contributed by atoms with van der Waals surface area (Å²) in [5, 5.41) is 2.67. The Morgan fingerprint density at radius 3 is 2.52 bits per heavy atom. The number of fused-ring (bicyclic) bond motifs is 1. The molecule has 3 N–H and O–H groups in total. The number of benzene rings is 1. The van der Waals surface area contributed by atoms with Crippen LogP contribution >= 0.6 is 0 Å². The third-order valence-corrected chi connectivity index (χ3v) is 4.95. The Bertz CT molecular complexity index is 716. The van der Waals surface area contributed by atoms with Gasteiger partial charge in [-0.15, -0.1) is 0 Å². The highest BCUT2D eigenvalue weighted by molar-refractivity contribution is 6.06. The smallest absolute Gasteiger partial charge is 0.325 e. The highest BCUT2D eigenvalue weighted by atomic mass is 16.2. The Labute approximate surface area is 147 Å². The van der Waals surface area contributed by atoms with Gasteiger partial charge in [-0.3, -0.25) is 19.4 Å². The fraction of sp³-hybridized carbons (Fsp3) is 0.500. The van der Waals surface area contributed by atoms with Gasteiger partial charge in [-0.2, -0.15) is 0 Å². The van der Waals surface area contributed by atoms with E-state index in [0.717, 1.165) is 5.56 Å². The van der Waals surface area contributed by atoms with Crippen molar-refractivity contribution in [1.82, 2.24) is 15.1 Å². The van der Waals surface area contributed by atoms with Gasteiger partial charge < -0.3 is 11.1 Å². The van der Waals surface area contributed by atoms with Gasteiger partial charge in [-0.05, 0) is 37.8 Å². The number of nitrogens with zero attached hydrogens (tertiary/aromatic N) is 2. The first-order valence-corrected chi connectivity index (χ1v) is 8.54. The SMILES string of the molecule is CC1(C)NC(=O)N(CCCN2Cc3ccccc3C[C@@H]2C(N)=O)C1=O. The molecule has 0 spiro atoms. The van der Waals surface area contributed by atoms with Crippen LogP contribution in [0.15, 0.2) is 24.3 Å². The van der Waals surface area contributed by atoms with Gasteiger partial charge in [0.15, 0.2) is 0 Å². The number of urea groups is 1. The highest BCUT2D eigenvalue weighted by Gasteiger charge is 2.43. The van der Waals surface area contributed by atoms with Gasteiger partial charge in [-0.1, -0.05) is 24.3 Å². The lowest BCUT2D eigenvalue weighted by atomic mass is 9.93. The number of imide groups is 1. The van der Waals surface area contributed by atoms with Crippen molar-refractivity contribution in [1.29, 1.82) is 0 Å². The molecule has 134 valence electrons. The van der Waals surface area contributed by atoms with E-state index < -0.39 is 5.54 Å². The molecule has 0 unspecified atom stereocenters. The van der Waals surface area contributed by atoms with Crippen LogP contribution in [-0.4, -0.2) is 52.3 Å². The maximum absolute atomic E-state index is 12.2.